The lowest BCUT2D eigenvalue weighted by atomic mass is 10.2. The molecule has 0 aliphatic heterocycles. The van der Waals surface area contributed by atoms with Crippen LogP contribution in [0.3, 0.4) is 0 Å². The molecule has 2 N–H and O–H groups in total. The summed E-state index contributed by atoms with van der Waals surface area (Å²) in [5.41, 5.74) is 3.32. The summed E-state index contributed by atoms with van der Waals surface area (Å²) in [5.74, 6) is 0.495. The number of amides is 1. The summed E-state index contributed by atoms with van der Waals surface area (Å²) >= 11 is 0. The fourth-order valence-corrected chi connectivity index (χ4v) is 1.88. The van der Waals surface area contributed by atoms with Crippen molar-refractivity contribution >= 4 is 17.5 Å². The Hall–Kier alpha value is -2.43. The molecular weight excluding hydrogens is 252 g/mol. The van der Waals surface area contributed by atoms with Crippen LogP contribution in [0.2, 0.25) is 0 Å². The van der Waals surface area contributed by atoms with Gasteiger partial charge >= 0.3 is 0 Å². The zero-order valence-electron chi connectivity index (χ0n) is 11.9. The lowest BCUT2D eigenvalue weighted by Gasteiger charge is -2.07. The Labute approximate surface area is 118 Å². The number of rotatable bonds is 4. The number of nitrogens with zero attached hydrogens (tertiary/aromatic N) is 2. The van der Waals surface area contributed by atoms with Gasteiger partial charge in [0.2, 0.25) is 5.95 Å². The number of carbonyl (C=O) groups excluding carboxylic acids is 1. The van der Waals surface area contributed by atoms with E-state index in [1.165, 1.54) is 0 Å². The van der Waals surface area contributed by atoms with Crippen molar-refractivity contribution in [3.8, 4) is 0 Å². The fourth-order valence-electron chi connectivity index (χ4n) is 1.88. The van der Waals surface area contributed by atoms with Gasteiger partial charge in [-0.2, -0.15) is 0 Å². The average Bonchev–Trinajstić information content (AvgIpc) is 2.38. The van der Waals surface area contributed by atoms with Crippen molar-refractivity contribution < 1.29 is 4.79 Å². The van der Waals surface area contributed by atoms with E-state index in [4.69, 9.17) is 0 Å². The first-order valence-electron chi connectivity index (χ1n) is 6.56. The molecule has 1 heterocycles. The van der Waals surface area contributed by atoms with Crippen LogP contribution >= 0.6 is 0 Å². The van der Waals surface area contributed by atoms with E-state index in [1.807, 2.05) is 39.0 Å². The number of aryl methyl sites for hydroxylation is 2. The number of anilines is 2. The molecule has 104 valence electrons. The Morgan fingerprint density at radius 3 is 2.25 bits per heavy atom. The fraction of sp³-hybridized carbons (Fsp3) is 0.267. The lowest BCUT2D eigenvalue weighted by molar-refractivity contribution is 0.0956. The van der Waals surface area contributed by atoms with Crippen LogP contribution in [-0.2, 0) is 0 Å². The van der Waals surface area contributed by atoms with E-state index in [0.717, 1.165) is 17.1 Å². The van der Waals surface area contributed by atoms with Crippen LogP contribution in [0.25, 0.3) is 0 Å². The maximum absolute atomic E-state index is 11.6. The highest BCUT2D eigenvalue weighted by Gasteiger charge is 2.04. The van der Waals surface area contributed by atoms with Crippen molar-refractivity contribution in [2.75, 3.05) is 11.9 Å². The molecule has 0 fully saturated rings. The molecule has 0 spiro atoms. The number of aromatic nitrogens is 2. The van der Waals surface area contributed by atoms with Gasteiger partial charge in [-0.3, -0.25) is 4.79 Å². The third kappa shape index (κ3) is 3.54. The molecule has 1 aromatic heterocycles. The monoisotopic (exact) mass is 270 g/mol. The third-order valence-corrected chi connectivity index (χ3v) is 2.72. The maximum atomic E-state index is 11.6. The molecule has 5 nitrogen and oxygen atoms in total. The molecule has 0 radical (unpaired) electrons. The second-order valence-electron chi connectivity index (χ2n) is 4.54. The highest BCUT2D eigenvalue weighted by Crippen LogP contribution is 2.14. The Balaban J connectivity index is 2.12. The number of benzene rings is 1. The SMILES string of the molecule is CCNC(=O)c1ccc(Nc2nc(C)cc(C)n2)cc1. The van der Waals surface area contributed by atoms with Gasteiger partial charge in [0.05, 0.1) is 0 Å². The maximum Gasteiger partial charge on any atom is 0.251 e. The largest absolute Gasteiger partial charge is 0.352 e. The topological polar surface area (TPSA) is 66.9 Å². The number of hydrogen-bond acceptors (Lipinski definition) is 4. The van der Waals surface area contributed by atoms with Crippen molar-refractivity contribution in [2.45, 2.75) is 20.8 Å². The summed E-state index contributed by atoms with van der Waals surface area (Å²) in [4.78, 5) is 20.3. The zero-order valence-corrected chi connectivity index (χ0v) is 11.9. The van der Waals surface area contributed by atoms with Gasteiger partial charge in [-0.05, 0) is 51.1 Å². The van der Waals surface area contributed by atoms with Crippen molar-refractivity contribution in [1.82, 2.24) is 15.3 Å². The van der Waals surface area contributed by atoms with E-state index in [0.29, 0.717) is 18.1 Å². The summed E-state index contributed by atoms with van der Waals surface area (Å²) in [6, 6.07) is 9.15. The molecule has 0 aliphatic rings. The Bertz CT molecular complexity index is 588. The van der Waals surface area contributed by atoms with Gasteiger partial charge < -0.3 is 10.6 Å². The van der Waals surface area contributed by atoms with Gasteiger partial charge in [-0.15, -0.1) is 0 Å². The van der Waals surface area contributed by atoms with E-state index in [1.54, 1.807) is 12.1 Å². The quantitative estimate of drug-likeness (QED) is 0.896. The van der Waals surface area contributed by atoms with Crippen LogP contribution in [0, 0.1) is 13.8 Å². The first-order valence-corrected chi connectivity index (χ1v) is 6.56. The minimum Gasteiger partial charge on any atom is -0.352 e. The molecule has 0 bridgehead atoms. The van der Waals surface area contributed by atoms with Crippen molar-refractivity contribution in [3.63, 3.8) is 0 Å². The molecule has 0 aliphatic carbocycles. The van der Waals surface area contributed by atoms with Gasteiger partial charge in [-0.25, -0.2) is 9.97 Å². The van der Waals surface area contributed by atoms with Crippen LogP contribution < -0.4 is 10.6 Å². The van der Waals surface area contributed by atoms with Crippen LogP contribution in [0.4, 0.5) is 11.6 Å². The van der Waals surface area contributed by atoms with Crippen LogP contribution in [-0.4, -0.2) is 22.4 Å². The molecule has 20 heavy (non-hydrogen) atoms. The van der Waals surface area contributed by atoms with Gasteiger partial charge in [0.25, 0.3) is 5.91 Å². The summed E-state index contributed by atoms with van der Waals surface area (Å²) in [6.45, 7) is 6.37. The Morgan fingerprint density at radius 2 is 1.70 bits per heavy atom. The minimum absolute atomic E-state index is 0.0679. The Kier molecular flexibility index (Phi) is 4.30. The van der Waals surface area contributed by atoms with Crippen molar-refractivity contribution in [3.05, 3.63) is 47.3 Å². The normalized spacial score (nSPS) is 10.2. The standard InChI is InChI=1S/C15H18N4O/c1-4-16-14(20)12-5-7-13(8-6-12)19-15-17-10(2)9-11(3)18-15/h5-9H,4H2,1-3H3,(H,16,20)(H,17,18,19). The molecule has 0 unspecified atom stereocenters. The number of nitrogens with one attached hydrogen (secondary N) is 2. The second-order valence-corrected chi connectivity index (χ2v) is 4.54. The molecule has 5 heteroatoms. The minimum atomic E-state index is -0.0679. The predicted molar refractivity (Wildman–Crippen MR) is 79.2 cm³/mol. The first-order chi connectivity index (χ1) is 9.58. The summed E-state index contributed by atoms with van der Waals surface area (Å²) in [6.07, 6.45) is 0. The number of hydrogen-bond donors (Lipinski definition) is 2. The number of carbonyl (C=O) groups is 1. The molecule has 2 aromatic rings. The van der Waals surface area contributed by atoms with Crippen molar-refractivity contribution in [2.24, 2.45) is 0 Å². The van der Waals surface area contributed by atoms with Crippen molar-refractivity contribution in [1.29, 1.82) is 0 Å². The molecule has 0 saturated carbocycles. The molecule has 0 saturated heterocycles. The summed E-state index contributed by atoms with van der Waals surface area (Å²) < 4.78 is 0. The first kappa shape index (κ1) is 14.0. The van der Waals surface area contributed by atoms with E-state index in [2.05, 4.69) is 20.6 Å². The zero-order chi connectivity index (χ0) is 14.5. The van der Waals surface area contributed by atoms with Crippen LogP contribution in [0.5, 0.6) is 0 Å². The average molecular weight is 270 g/mol. The van der Waals surface area contributed by atoms with E-state index < -0.39 is 0 Å². The third-order valence-electron chi connectivity index (χ3n) is 2.72. The highest BCUT2D eigenvalue weighted by atomic mass is 16.1. The molecule has 2 rings (SSSR count). The molecule has 0 atom stereocenters. The van der Waals surface area contributed by atoms with Crippen LogP contribution in [0.15, 0.2) is 30.3 Å². The van der Waals surface area contributed by atoms with Gasteiger partial charge in [0, 0.05) is 29.2 Å². The van der Waals surface area contributed by atoms with Gasteiger partial charge in [-0.1, -0.05) is 0 Å². The lowest BCUT2D eigenvalue weighted by Crippen LogP contribution is -2.22. The summed E-state index contributed by atoms with van der Waals surface area (Å²) in [5, 5.41) is 5.89. The van der Waals surface area contributed by atoms with Gasteiger partial charge in [0.1, 0.15) is 0 Å². The molecular formula is C15H18N4O. The Morgan fingerprint density at radius 1 is 1.10 bits per heavy atom. The molecule has 1 amide bonds. The predicted octanol–water partition coefficient (Wildman–Crippen LogP) is 2.59. The van der Waals surface area contributed by atoms with Gasteiger partial charge in [0.15, 0.2) is 0 Å². The molecule has 1 aromatic carbocycles. The van der Waals surface area contributed by atoms with Crippen LogP contribution in [0.1, 0.15) is 28.7 Å². The van der Waals surface area contributed by atoms with E-state index >= 15 is 0 Å². The van der Waals surface area contributed by atoms with E-state index in [-0.39, 0.29) is 5.91 Å². The van der Waals surface area contributed by atoms with E-state index in [9.17, 15) is 4.79 Å². The second kappa shape index (κ2) is 6.14. The smallest absolute Gasteiger partial charge is 0.251 e. The highest BCUT2D eigenvalue weighted by molar-refractivity contribution is 5.94. The summed E-state index contributed by atoms with van der Waals surface area (Å²) in [7, 11) is 0.